The molecule has 0 unspecified atom stereocenters. The van der Waals surface area contributed by atoms with E-state index in [0.29, 0.717) is 17.0 Å². The molecule has 0 aliphatic rings. The molecule has 202 valence electrons. The summed E-state index contributed by atoms with van der Waals surface area (Å²) in [6.45, 7) is 5.70. The van der Waals surface area contributed by atoms with E-state index in [1.807, 2.05) is 50.2 Å². The summed E-state index contributed by atoms with van der Waals surface area (Å²) < 4.78 is 10.9. The van der Waals surface area contributed by atoms with Crippen LogP contribution in [0.3, 0.4) is 0 Å². The Morgan fingerprint density at radius 1 is 0.949 bits per heavy atom. The van der Waals surface area contributed by atoms with E-state index in [1.165, 1.54) is 13.1 Å². The third kappa shape index (κ3) is 6.98. The quantitative estimate of drug-likeness (QED) is 0.243. The average molecular weight is 530 g/mol. The van der Waals surface area contributed by atoms with Gasteiger partial charge in [-0.1, -0.05) is 56.3 Å². The number of carbonyl (C=O) groups is 3. The van der Waals surface area contributed by atoms with Crippen LogP contribution < -0.4 is 10.6 Å². The average Bonchev–Trinajstić information content (AvgIpc) is 3.66. The lowest BCUT2D eigenvalue weighted by Crippen LogP contribution is -2.39. The fourth-order valence-electron chi connectivity index (χ4n) is 3.85. The molecular weight excluding hydrogens is 498 g/mol. The summed E-state index contributed by atoms with van der Waals surface area (Å²) in [5.41, 5.74) is 3.16. The highest BCUT2D eigenvalue weighted by Gasteiger charge is 2.21. The number of benzene rings is 2. The minimum Gasteiger partial charge on any atom is -0.459 e. The molecular formula is C29H31N5O5. The number of esters is 1. The van der Waals surface area contributed by atoms with Crippen molar-refractivity contribution >= 4 is 17.8 Å². The van der Waals surface area contributed by atoms with Crippen molar-refractivity contribution in [1.29, 1.82) is 0 Å². The number of aromatic amines is 1. The van der Waals surface area contributed by atoms with Crippen molar-refractivity contribution in [3.63, 3.8) is 0 Å². The van der Waals surface area contributed by atoms with Crippen molar-refractivity contribution in [1.82, 2.24) is 25.8 Å². The number of nitrogens with one attached hydrogen (secondary N) is 3. The van der Waals surface area contributed by atoms with Gasteiger partial charge in [-0.2, -0.15) is 5.10 Å². The van der Waals surface area contributed by atoms with Crippen LogP contribution in [0.25, 0.3) is 22.7 Å². The van der Waals surface area contributed by atoms with Crippen LogP contribution in [0.1, 0.15) is 60.2 Å². The normalized spacial score (nSPS) is 11.7. The van der Waals surface area contributed by atoms with Gasteiger partial charge in [0.2, 0.25) is 11.7 Å². The lowest BCUT2D eigenvalue weighted by Gasteiger charge is -2.13. The molecule has 4 rings (SSSR count). The van der Waals surface area contributed by atoms with E-state index in [4.69, 9.17) is 9.15 Å². The monoisotopic (exact) mass is 529 g/mol. The van der Waals surface area contributed by atoms with Crippen molar-refractivity contribution in [2.45, 2.75) is 52.3 Å². The number of aromatic nitrogens is 3. The Hall–Kier alpha value is -4.73. The summed E-state index contributed by atoms with van der Waals surface area (Å²) in [6, 6.07) is 17.4. The molecule has 2 heterocycles. The molecule has 2 amide bonds. The summed E-state index contributed by atoms with van der Waals surface area (Å²) in [5.74, 6) is -1.18. The number of carbonyl (C=O) groups excluding carboxylic acids is 3. The van der Waals surface area contributed by atoms with E-state index in [1.54, 1.807) is 24.3 Å². The molecule has 3 N–H and O–H groups in total. The van der Waals surface area contributed by atoms with E-state index in [2.05, 4.69) is 25.8 Å². The third-order valence-corrected chi connectivity index (χ3v) is 6.20. The number of hydrogen-bond donors (Lipinski definition) is 3. The maximum Gasteiger partial charge on any atom is 0.328 e. The molecule has 0 aliphatic carbocycles. The van der Waals surface area contributed by atoms with E-state index in [-0.39, 0.29) is 30.2 Å². The Balaban J connectivity index is 1.38. The first-order valence-corrected chi connectivity index (χ1v) is 12.8. The van der Waals surface area contributed by atoms with Crippen molar-refractivity contribution in [2.75, 3.05) is 0 Å². The van der Waals surface area contributed by atoms with E-state index in [0.717, 1.165) is 24.0 Å². The minimum atomic E-state index is -0.880. The zero-order chi connectivity index (χ0) is 27.8. The molecule has 0 fully saturated rings. The number of hydrogen-bond acceptors (Lipinski definition) is 7. The van der Waals surface area contributed by atoms with Crippen LogP contribution in [0.2, 0.25) is 0 Å². The van der Waals surface area contributed by atoms with Crippen LogP contribution in [-0.2, 0) is 16.1 Å². The van der Waals surface area contributed by atoms with Crippen LogP contribution >= 0.6 is 0 Å². The van der Waals surface area contributed by atoms with E-state index in [9.17, 15) is 14.4 Å². The number of rotatable bonds is 11. The predicted molar refractivity (Wildman–Crippen MR) is 145 cm³/mol. The van der Waals surface area contributed by atoms with Crippen LogP contribution in [0.4, 0.5) is 0 Å². The highest BCUT2D eigenvalue weighted by molar-refractivity contribution is 5.95. The summed E-state index contributed by atoms with van der Waals surface area (Å²) in [6.07, 6.45) is 2.99. The molecule has 2 aromatic heterocycles. The molecule has 4 aromatic rings. The molecule has 0 saturated heterocycles. The fourth-order valence-corrected chi connectivity index (χ4v) is 3.85. The molecule has 0 spiro atoms. The van der Waals surface area contributed by atoms with Gasteiger partial charge < -0.3 is 19.8 Å². The lowest BCUT2D eigenvalue weighted by atomic mass is 10.1. The van der Waals surface area contributed by atoms with Gasteiger partial charge >= 0.3 is 5.97 Å². The van der Waals surface area contributed by atoms with Gasteiger partial charge in [-0.3, -0.25) is 14.7 Å². The first-order valence-electron chi connectivity index (χ1n) is 12.8. The van der Waals surface area contributed by atoms with Crippen LogP contribution in [-0.4, -0.2) is 45.0 Å². The number of H-pyrrole nitrogens is 1. The Morgan fingerprint density at radius 2 is 1.69 bits per heavy atom. The summed E-state index contributed by atoms with van der Waals surface area (Å²) in [5, 5.41) is 12.6. The summed E-state index contributed by atoms with van der Waals surface area (Å²) in [4.78, 5) is 41.7. The predicted octanol–water partition coefficient (Wildman–Crippen LogP) is 4.51. The minimum absolute atomic E-state index is 0.0433. The molecule has 0 saturated carbocycles. The van der Waals surface area contributed by atoms with Crippen LogP contribution in [0.5, 0.6) is 0 Å². The second-order valence-electron chi connectivity index (χ2n) is 9.05. The molecule has 10 heteroatoms. The second-order valence-corrected chi connectivity index (χ2v) is 9.05. The molecule has 0 radical (unpaired) electrons. The van der Waals surface area contributed by atoms with Crippen molar-refractivity contribution in [3.8, 4) is 22.7 Å². The molecule has 2 aromatic carbocycles. The van der Waals surface area contributed by atoms with Gasteiger partial charge in [-0.25, -0.2) is 9.78 Å². The van der Waals surface area contributed by atoms with Crippen LogP contribution in [0, 0.1) is 0 Å². The Labute approximate surface area is 226 Å². The zero-order valence-electron chi connectivity index (χ0n) is 22.1. The highest BCUT2D eigenvalue weighted by atomic mass is 16.5. The first kappa shape index (κ1) is 27.3. The summed E-state index contributed by atoms with van der Waals surface area (Å²) >= 11 is 0. The highest BCUT2D eigenvalue weighted by Crippen LogP contribution is 2.26. The molecule has 10 nitrogen and oxygen atoms in total. The fraction of sp³-hybridized carbons (Fsp3) is 0.276. The summed E-state index contributed by atoms with van der Waals surface area (Å²) in [7, 11) is 0. The van der Waals surface area contributed by atoms with Crippen molar-refractivity contribution < 1.29 is 23.5 Å². The first-order chi connectivity index (χ1) is 18.9. The largest absolute Gasteiger partial charge is 0.459 e. The van der Waals surface area contributed by atoms with Gasteiger partial charge in [-0.15, -0.1) is 0 Å². The SMILES string of the molecule is CCC(CC)NC(=O)c1cc(-c2cccc(-c3ncc(C(=O)N[C@@H](C)C(=O)OCc4ccccc4)o3)c2)n[nH]1. The Kier molecular flexibility index (Phi) is 8.88. The zero-order valence-corrected chi connectivity index (χ0v) is 22.1. The van der Waals surface area contributed by atoms with E-state index >= 15 is 0 Å². The number of amides is 2. The second kappa shape index (κ2) is 12.7. The molecule has 1 atom stereocenters. The molecule has 39 heavy (non-hydrogen) atoms. The third-order valence-electron chi connectivity index (χ3n) is 6.20. The van der Waals surface area contributed by atoms with Gasteiger partial charge in [0, 0.05) is 17.2 Å². The van der Waals surface area contributed by atoms with Crippen molar-refractivity contribution in [2.24, 2.45) is 0 Å². The molecule has 0 aliphatic heterocycles. The van der Waals surface area contributed by atoms with Gasteiger partial charge in [-0.05, 0) is 43.5 Å². The Bertz CT molecular complexity index is 1420. The van der Waals surface area contributed by atoms with E-state index < -0.39 is 17.9 Å². The number of oxazole rings is 1. The maximum absolute atomic E-state index is 12.6. The van der Waals surface area contributed by atoms with Crippen molar-refractivity contribution in [3.05, 3.63) is 83.9 Å². The standard InChI is InChI=1S/C29H31N5O5/c1-4-22(5-2)32-26(35)24-15-23(33-34-24)20-12-9-13-21(14-20)28-30-16-25(39-28)27(36)31-18(3)29(37)38-17-19-10-7-6-8-11-19/h6-16,18,22H,4-5,17H2,1-3H3,(H,31,36)(H,32,35)(H,33,34)/t18-/m0/s1. The number of ether oxygens (including phenoxy) is 1. The van der Waals surface area contributed by atoms with Gasteiger partial charge in [0.25, 0.3) is 11.8 Å². The van der Waals surface area contributed by atoms with Crippen LogP contribution in [0.15, 0.2) is 71.3 Å². The smallest absolute Gasteiger partial charge is 0.328 e. The lowest BCUT2D eigenvalue weighted by molar-refractivity contribution is -0.146. The molecule has 0 bridgehead atoms. The van der Waals surface area contributed by atoms with Gasteiger partial charge in [0.05, 0.1) is 11.9 Å². The maximum atomic E-state index is 12.6. The van der Waals surface area contributed by atoms with Gasteiger partial charge in [0.1, 0.15) is 18.3 Å². The number of nitrogens with zero attached hydrogens (tertiary/aromatic N) is 2. The Morgan fingerprint density at radius 3 is 2.44 bits per heavy atom. The van der Waals surface area contributed by atoms with Gasteiger partial charge in [0.15, 0.2) is 0 Å². The topological polar surface area (TPSA) is 139 Å².